The van der Waals surface area contributed by atoms with Gasteiger partial charge in [0, 0.05) is 6.54 Å². The molecule has 0 aliphatic heterocycles. The molecule has 3 rings (SSSR count). The third-order valence-electron chi connectivity index (χ3n) is 6.56. The van der Waals surface area contributed by atoms with Crippen LogP contribution in [-0.2, 0) is 26.3 Å². The number of methoxy groups -OCH3 is 2. The second-order valence-corrected chi connectivity index (χ2v) is 10.9. The van der Waals surface area contributed by atoms with Gasteiger partial charge in [-0.1, -0.05) is 43.5 Å². The summed E-state index contributed by atoms with van der Waals surface area (Å²) in [6.45, 7) is 0.259. The molecule has 1 saturated carbocycles. The van der Waals surface area contributed by atoms with Gasteiger partial charge in [-0.3, -0.25) is 14.1 Å². The van der Waals surface area contributed by atoms with Crippen LogP contribution in [0.25, 0.3) is 0 Å². The zero-order chi connectivity index (χ0) is 29.8. The summed E-state index contributed by atoms with van der Waals surface area (Å²) in [6, 6.07) is 12.8. The highest BCUT2D eigenvalue weighted by molar-refractivity contribution is 7.85. The molecule has 14 heteroatoms. The van der Waals surface area contributed by atoms with E-state index in [-0.39, 0.29) is 29.6 Å². The van der Waals surface area contributed by atoms with Crippen LogP contribution in [0.3, 0.4) is 0 Å². The lowest BCUT2D eigenvalue weighted by Crippen LogP contribution is -2.54. The van der Waals surface area contributed by atoms with Gasteiger partial charge in [0.1, 0.15) is 5.41 Å². The van der Waals surface area contributed by atoms with Crippen molar-refractivity contribution < 1.29 is 42.1 Å². The Bertz CT molecular complexity index is 1210. The average molecular weight is 579 g/mol. The van der Waals surface area contributed by atoms with Gasteiger partial charge in [0.25, 0.3) is 10.1 Å². The van der Waals surface area contributed by atoms with E-state index in [4.69, 9.17) is 29.8 Å². The van der Waals surface area contributed by atoms with Crippen molar-refractivity contribution in [2.45, 2.75) is 62.5 Å². The number of nitrogens with two attached hydrogens (primary N) is 1. The van der Waals surface area contributed by atoms with E-state index in [1.165, 1.54) is 12.1 Å². The largest absolute Gasteiger partial charge is 0.493 e. The first-order chi connectivity index (χ1) is 18.9. The maximum atomic E-state index is 13.0. The first-order valence-electron chi connectivity index (χ1n) is 12.9. The van der Waals surface area contributed by atoms with Crippen molar-refractivity contribution in [1.29, 1.82) is 0 Å². The summed E-state index contributed by atoms with van der Waals surface area (Å²) in [6.07, 6.45) is 2.92. The summed E-state index contributed by atoms with van der Waals surface area (Å²) in [5.74, 6) is 0.477. The summed E-state index contributed by atoms with van der Waals surface area (Å²) in [4.78, 5) is 25.9. The van der Waals surface area contributed by atoms with Crippen LogP contribution in [0.4, 0.5) is 0 Å². The monoisotopic (exact) mass is 579 g/mol. The lowest BCUT2D eigenvalue weighted by molar-refractivity contribution is -0.143. The van der Waals surface area contributed by atoms with Crippen LogP contribution in [-0.4, -0.2) is 62.3 Å². The van der Waals surface area contributed by atoms with Crippen LogP contribution in [0.1, 0.15) is 44.1 Å². The molecule has 0 heterocycles. The Kier molecular flexibility index (Phi) is 12.9. The van der Waals surface area contributed by atoms with Gasteiger partial charge in [-0.15, -0.1) is 0 Å². The smallest absolute Gasteiger partial charge is 0.451 e. The number of hydrogen-bond donors (Lipinski definition) is 6. The molecular formula is C26H38BN3O9S. The number of carbonyl (C=O) groups is 2. The van der Waals surface area contributed by atoms with E-state index in [2.05, 4.69) is 10.6 Å². The van der Waals surface area contributed by atoms with Crippen LogP contribution < -0.4 is 25.8 Å². The van der Waals surface area contributed by atoms with Gasteiger partial charge in [0.05, 0.1) is 25.3 Å². The molecule has 1 fully saturated rings. The normalized spacial score (nSPS) is 14.8. The van der Waals surface area contributed by atoms with Gasteiger partial charge in [-0.2, -0.15) is 8.42 Å². The van der Waals surface area contributed by atoms with Crippen LogP contribution in [0, 0.1) is 5.41 Å². The van der Waals surface area contributed by atoms with Crippen molar-refractivity contribution >= 4 is 29.1 Å². The summed E-state index contributed by atoms with van der Waals surface area (Å²) >= 11 is 0. The van der Waals surface area contributed by atoms with Crippen LogP contribution >= 0.6 is 0 Å². The molecule has 7 N–H and O–H groups in total. The van der Waals surface area contributed by atoms with Gasteiger partial charge < -0.3 is 35.9 Å². The summed E-state index contributed by atoms with van der Waals surface area (Å²) in [5, 5.41) is 23.4. The molecule has 12 nitrogen and oxygen atoms in total. The number of nitrogens with one attached hydrogen (secondary N) is 2. The molecule has 2 aromatic rings. The second kappa shape index (κ2) is 15.6. The maximum absolute atomic E-state index is 13.0. The van der Waals surface area contributed by atoms with Gasteiger partial charge in [0.15, 0.2) is 11.5 Å². The van der Waals surface area contributed by atoms with Gasteiger partial charge in [-0.05, 0) is 55.4 Å². The minimum Gasteiger partial charge on any atom is -0.493 e. The number of amides is 2. The van der Waals surface area contributed by atoms with E-state index >= 15 is 0 Å². The fourth-order valence-electron chi connectivity index (χ4n) is 4.37. The lowest BCUT2D eigenvalue weighted by Gasteiger charge is -2.28. The Hall–Kier alpha value is -3.17. The molecule has 1 aliphatic carbocycles. The van der Waals surface area contributed by atoms with Crippen LogP contribution in [0.2, 0.25) is 6.32 Å². The highest BCUT2D eigenvalue weighted by Gasteiger charge is 2.48. The highest BCUT2D eigenvalue weighted by atomic mass is 32.2. The van der Waals surface area contributed by atoms with Gasteiger partial charge >= 0.3 is 7.12 Å². The average Bonchev–Trinajstić information content (AvgIpc) is 3.43. The van der Waals surface area contributed by atoms with E-state index in [0.717, 1.165) is 18.4 Å². The molecule has 0 radical (unpaired) electrons. The summed E-state index contributed by atoms with van der Waals surface area (Å²) in [5.41, 5.74) is 5.65. The highest BCUT2D eigenvalue weighted by Crippen LogP contribution is 2.39. The maximum Gasteiger partial charge on any atom is 0.451 e. The molecule has 0 bridgehead atoms. The van der Waals surface area contributed by atoms with Gasteiger partial charge in [0.2, 0.25) is 11.8 Å². The second-order valence-electron chi connectivity index (χ2n) is 9.44. The van der Waals surface area contributed by atoms with Crippen LogP contribution in [0.5, 0.6) is 11.5 Å². The van der Waals surface area contributed by atoms with Crippen molar-refractivity contribution in [1.82, 2.24) is 10.6 Å². The van der Waals surface area contributed by atoms with Crippen molar-refractivity contribution in [3.8, 4) is 11.5 Å². The van der Waals surface area contributed by atoms with E-state index in [1.54, 1.807) is 44.6 Å². The van der Waals surface area contributed by atoms with Crippen molar-refractivity contribution in [2.24, 2.45) is 11.1 Å². The third-order valence-corrected chi connectivity index (χ3v) is 7.43. The van der Waals surface area contributed by atoms with E-state index in [0.29, 0.717) is 37.2 Å². The van der Waals surface area contributed by atoms with Crippen molar-refractivity contribution in [3.63, 3.8) is 0 Å². The van der Waals surface area contributed by atoms with Gasteiger partial charge in [-0.25, -0.2) is 0 Å². The molecule has 0 spiro atoms. The minimum absolute atomic E-state index is 0.0741. The Labute approximate surface area is 235 Å². The SMILES string of the molecule is COc1ccc(CNC(=O)C2(C(=O)NC(N)CCCB(O)O)CCCC2)cc1OC.O=S(=O)(O)c1ccccc1. The zero-order valence-electron chi connectivity index (χ0n) is 22.7. The predicted molar refractivity (Wildman–Crippen MR) is 149 cm³/mol. The van der Waals surface area contributed by atoms with E-state index < -0.39 is 28.8 Å². The number of hydrogen-bond acceptors (Lipinski definition) is 9. The predicted octanol–water partition coefficient (Wildman–Crippen LogP) is 1.47. The lowest BCUT2D eigenvalue weighted by atomic mass is 9.82. The van der Waals surface area contributed by atoms with E-state index in [9.17, 15) is 18.0 Å². The quantitative estimate of drug-likeness (QED) is 0.0927. The number of carbonyl (C=O) groups excluding carboxylic acids is 2. The molecule has 220 valence electrons. The molecule has 1 aliphatic rings. The zero-order valence-corrected chi connectivity index (χ0v) is 23.5. The molecule has 2 aromatic carbocycles. The molecule has 40 heavy (non-hydrogen) atoms. The first kappa shape index (κ1) is 33.0. The topological polar surface area (TPSA) is 198 Å². The summed E-state index contributed by atoms with van der Waals surface area (Å²) < 4.78 is 39.7. The molecule has 2 amide bonds. The fourth-order valence-corrected chi connectivity index (χ4v) is 4.87. The summed E-state index contributed by atoms with van der Waals surface area (Å²) in [7, 11) is -2.30. The first-order valence-corrected chi connectivity index (χ1v) is 14.3. The van der Waals surface area contributed by atoms with Crippen LogP contribution in [0.15, 0.2) is 53.4 Å². The molecular weight excluding hydrogens is 541 g/mol. The fraction of sp³-hybridized carbons (Fsp3) is 0.462. The Balaban J connectivity index is 0.000000469. The molecule has 1 atom stereocenters. The van der Waals surface area contributed by atoms with E-state index in [1.807, 2.05) is 6.07 Å². The number of rotatable bonds is 12. The molecule has 1 unspecified atom stereocenters. The Morgan fingerprint density at radius 2 is 1.65 bits per heavy atom. The van der Waals surface area contributed by atoms with Crippen molar-refractivity contribution in [3.05, 3.63) is 54.1 Å². The molecule has 0 saturated heterocycles. The third kappa shape index (κ3) is 9.79. The number of ether oxygens (including phenoxy) is 2. The Morgan fingerprint density at radius 3 is 2.17 bits per heavy atom. The minimum atomic E-state index is -4.00. The Morgan fingerprint density at radius 1 is 1.02 bits per heavy atom. The van der Waals surface area contributed by atoms with Crippen molar-refractivity contribution in [2.75, 3.05) is 14.2 Å². The molecule has 0 aromatic heterocycles. The number of benzene rings is 2. The standard InChI is InChI=1S/C20H32BN3O6.C6H6O3S/c1-29-15-8-7-14(12-16(15)30-2)13-23-18(25)20(9-3-4-10-20)19(26)24-17(22)6-5-11-21(27)28;7-10(8,9)6-4-2-1-3-5-6/h7-8,12,17,27-28H,3-6,9-11,13,22H2,1-2H3,(H,23,25)(H,24,26);1-5H,(H,7,8,9).